The molecule has 0 atom stereocenters. The summed E-state index contributed by atoms with van der Waals surface area (Å²) in [4.78, 5) is 0. The molecule has 1 heterocycles. The van der Waals surface area contributed by atoms with Gasteiger partial charge in [0.15, 0.2) is 0 Å². The molecule has 1 aliphatic rings. The van der Waals surface area contributed by atoms with E-state index >= 15 is 0 Å². The maximum absolute atomic E-state index is 10.3. The topological polar surface area (TPSA) is 50.1 Å². The standard InChI is InChI=1S/C13H23N3O/c1-12-9-15-16(10-12)8-7-14-11-13(17)5-3-2-4-6-13/h9-10,14,17H,2-8,11H2,1H3. The Morgan fingerprint density at radius 1 is 1.41 bits per heavy atom. The van der Waals surface area contributed by atoms with E-state index in [4.69, 9.17) is 0 Å². The van der Waals surface area contributed by atoms with Crippen molar-refractivity contribution in [3.8, 4) is 0 Å². The van der Waals surface area contributed by atoms with Crippen LogP contribution in [0.15, 0.2) is 12.4 Å². The van der Waals surface area contributed by atoms with Crippen molar-refractivity contribution in [1.29, 1.82) is 0 Å². The van der Waals surface area contributed by atoms with Crippen LogP contribution in [0.4, 0.5) is 0 Å². The number of hydrogen-bond acceptors (Lipinski definition) is 3. The summed E-state index contributed by atoms with van der Waals surface area (Å²) < 4.78 is 1.94. The average Bonchev–Trinajstić information content (AvgIpc) is 2.72. The molecular formula is C13H23N3O. The summed E-state index contributed by atoms with van der Waals surface area (Å²) in [5, 5.41) is 17.9. The fourth-order valence-corrected chi connectivity index (χ4v) is 2.49. The van der Waals surface area contributed by atoms with Crippen molar-refractivity contribution in [3.63, 3.8) is 0 Å². The molecule has 96 valence electrons. The molecular weight excluding hydrogens is 214 g/mol. The molecule has 1 aromatic heterocycles. The summed E-state index contributed by atoms with van der Waals surface area (Å²) in [6.45, 7) is 4.49. The molecule has 1 aliphatic carbocycles. The van der Waals surface area contributed by atoms with Gasteiger partial charge in [-0.05, 0) is 25.3 Å². The fraction of sp³-hybridized carbons (Fsp3) is 0.769. The average molecular weight is 237 g/mol. The highest BCUT2D eigenvalue weighted by Gasteiger charge is 2.28. The first-order valence-electron chi connectivity index (χ1n) is 6.60. The zero-order valence-electron chi connectivity index (χ0n) is 10.7. The Labute approximate surface area is 103 Å². The highest BCUT2D eigenvalue weighted by atomic mass is 16.3. The Bertz CT molecular complexity index is 342. The predicted molar refractivity (Wildman–Crippen MR) is 67.9 cm³/mol. The van der Waals surface area contributed by atoms with Gasteiger partial charge in [-0.25, -0.2) is 0 Å². The first kappa shape index (κ1) is 12.6. The minimum absolute atomic E-state index is 0.460. The van der Waals surface area contributed by atoms with Gasteiger partial charge in [0.2, 0.25) is 0 Å². The van der Waals surface area contributed by atoms with Crippen LogP contribution in [0.1, 0.15) is 37.7 Å². The summed E-state index contributed by atoms with van der Waals surface area (Å²) >= 11 is 0. The van der Waals surface area contributed by atoms with Crippen LogP contribution in [0.2, 0.25) is 0 Å². The van der Waals surface area contributed by atoms with Crippen molar-refractivity contribution in [3.05, 3.63) is 18.0 Å². The summed E-state index contributed by atoms with van der Waals surface area (Å²) in [7, 11) is 0. The molecule has 2 N–H and O–H groups in total. The van der Waals surface area contributed by atoms with Crippen molar-refractivity contribution in [2.75, 3.05) is 13.1 Å². The third kappa shape index (κ3) is 3.82. The lowest BCUT2D eigenvalue weighted by molar-refractivity contribution is 0.00491. The normalized spacial score (nSPS) is 19.4. The number of rotatable bonds is 5. The van der Waals surface area contributed by atoms with E-state index < -0.39 is 5.60 Å². The summed E-state index contributed by atoms with van der Waals surface area (Å²) in [5.74, 6) is 0. The smallest absolute Gasteiger partial charge is 0.0771 e. The van der Waals surface area contributed by atoms with Gasteiger partial charge in [0.1, 0.15) is 0 Å². The zero-order chi connectivity index (χ0) is 12.1. The molecule has 1 fully saturated rings. The molecule has 0 saturated heterocycles. The molecule has 1 aromatic rings. The van der Waals surface area contributed by atoms with E-state index in [1.165, 1.54) is 12.0 Å². The number of aromatic nitrogens is 2. The van der Waals surface area contributed by atoms with E-state index in [0.717, 1.165) is 38.8 Å². The molecule has 0 bridgehead atoms. The Morgan fingerprint density at radius 2 is 2.18 bits per heavy atom. The molecule has 4 nitrogen and oxygen atoms in total. The molecule has 0 aromatic carbocycles. The predicted octanol–water partition coefficient (Wildman–Crippen LogP) is 1.48. The number of aryl methyl sites for hydroxylation is 1. The van der Waals surface area contributed by atoms with Crippen molar-refractivity contribution in [2.45, 2.75) is 51.2 Å². The highest BCUT2D eigenvalue weighted by molar-refractivity contribution is 4.99. The van der Waals surface area contributed by atoms with E-state index in [2.05, 4.69) is 10.4 Å². The van der Waals surface area contributed by atoms with Gasteiger partial charge in [0, 0.05) is 19.3 Å². The third-order valence-corrected chi connectivity index (χ3v) is 3.52. The van der Waals surface area contributed by atoms with E-state index in [-0.39, 0.29) is 0 Å². The molecule has 0 amide bonds. The van der Waals surface area contributed by atoms with Gasteiger partial charge in [-0.1, -0.05) is 19.3 Å². The summed E-state index contributed by atoms with van der Waals surface area (Å²) in [6.07, 6.45) is 9.40. The second-order valence-corrected chi connectivity index (χ2v) is 5.24. The molecule has 4 heteroatoms. The monoisotopic (exact) mass is 237 g/mol. The van der Waals surface area contributed by atoms with Gasteiger partial charge in [-0.2, -0.15) is 5.10 Å². The van der Waals surface area contributed by atoms with Crippen LogP contribution in [0.3, 0.4) is 0 Å². The largest absolute Gasteiger partial charge is 0.389 e. The van der Waals surface area contributed by atoms with Crippen LogP contribution < -0.4 is 5.32 Å². The maximum atomic E-state index is 10.3. The van der Waals surface area contributed by atoms with Crippen LogP contribution in [0, 0.1) is 6.92 Å². The van der Waals surface area contributed by atoms with Gasteiger partial charge in [-0.3, -0.25) is 4.68 Å². The first-order valence-corrected chi connectivity index (χ1v) is 6.60. The minimum atomic E-state index is -0.460. The van der Waals surface area contributed by atoms with Crippen molar-refractivity contribution in [1.82, 2.24) is 15.1 Å². The second kappa shape index (κ2) is 5.65. The van der Waals surface area contributed by atoms with Gasteiger partial charge in [0.25, 0.3) is 0 Å². The minimum Gasteiger partial charge on any atom is -0.389 e. The van der Waals surface area contributed by atoms with Crippen LogP contribution >= 0.6 is 0 Å². The number of nitrogens with one attached hydrogen (secondary N) is 1. The van der Waals surface area contributed by atoms with Crippen molar-refractivity contribution >= 4 is 0 Å². The highest BCUT2D eigenvalue weighted by Crippen LogP contribution is 2.27. The van der Waals surface area contributed by atoms with Crippen molar-refractivity contribution < 1.29 is 5.11 Å². The molecule has 2 rings (SSSR count). The summed E-state index contributed by atoms with van der Waals surface area (Å²) in [5.41, 5.74) is 0.731. The molecule has 0 radical (unpaired) electrons. The van der Waals surface area contributed by atoms with Crippen LogP contribution in [0.5, 0.6) is 0 Å². The van der Waals surface area contributed by atoms with E-state index in [9.17, 15) is 5.11 Å². The SMILES string of the molecule is Cc1cnn(CCNCC2(O)CCCCC2)c1. The zero-order valence-corrected chi connectivity index (χ0v) is 10.7. The third-order valence-electron chi connectivity index (χ3n) is 3.52. The van der Waals surface area contributed by atoms with Crippen molar-refractivity contribution in [2.24, 2.45) is 0 Å². The quantitative estimate of drug-likeness (QED) is 0.763. The van der Waals surface area contributed by atoms with Gasteiger partial charge < -0.3 is 10.4 Å². The lowest BCUT2D eigenvalue weighted by Crippen LogP contribution is -2.42. The lowest BCUT2D eigenvalue weighted by Gasteiger charge is -2.32. The number of nitrogens with zero attached hydrogens (tertiary/aromatic N) is 2. The Balaban J connectivity index is 1.65. The first-order chi connectivity index (χ1) is 8.18. The second-order valence-electron chi connectivity index (χ2n) is 5.24. The lowest BCUT2D eigenvalue weighted by atomic mass is 9.85. The number of hydrogen-bond donors (Lipinski definition) is 2. The van der Waals surface area contributed by atoms with Gasteiger partial charge >= 0.3 is 0 Å². The maximum Gasteiger partial charge on any atom is 0.0771 e. The van der Waals surface area contributed by atoms with Crippen LogP contribution in [-0.4, -0.2) is 33.6 Å². The van der Waals surface area contributed by atoms with E-state index in [0.29, 0.717) is 6.54 Å². The molecule has 0 spiro atoms. The van der Waals surface area contributed by atoms with E-state index in [1.807, 2.05) is 24.0 Å². The Kier molecular flexibility index (Phi) is 4.18. The van der Waals surface area contributed by atoms with Crippen LogP contribution in [0.25, 0.3) is 0 Å². The summed E-state index contributed by atoms with van der Waals surface area (Å²) in [6, 6.07) is 0. The molecule has 0 unspecified atom stereocenters. The fourth-order valence-electron chi connectivity index (χ4n) is 2.49. The van der Waals surface area contributed by atoms with Gasteiger partial charge in [0.05, 0.1) is 18.3 Å². The molecule has 17 heavy (non-hydrogen) atoms. The van der Waals surface area contributed by atoms with E-state index in [1.54, 1.807) is 0 Å². The molecule has 1 saturated carbocycles. The Morgan fingerprint density at radius 3 is 2.82 bits per heavy atom. The van der Waals surface area contributed by atoms with Crippen LogP contribution in [-0.2, 0) is 6.54 Å². The Hall–Kier alpha value is -0.870. The number of aliphatic hydroxyl groups is 1. The molecule has 0 aliphatic heterocycles. The van der Waals surface area contributed by atoms with Gasteiger partial charge in [-0.15, -0.1) is 0 Å².